The number of amides is 1. The molecule has 0 bridgehead atoms. The van der Waals surface area contributed by atoms with E-state index in [1.165, 1.54) is 4.90 Å². The molecule has 1 atom stereocenters. The largest absolute Gasteiger partial charge is 0.331 e. The van der Waals surface area contributed by atoms with E-state index in [9.17, 15) is 9.59 Å². The Bertz CT molecular complexity index is 442. The number of hydrogen-bond acceptors (Lipinski definition) is 3. The topological polar surface area (TPSA) is 63.4 Å². The molecule has 1 fully saturated rings. The molecule has 1 saturated heterocycles. The summed E-state index contributed by atoms with van der Waals surface area (Å²) in [5, 5.41) is 0. The van der Waals surface area contributed by atoms with Gasteiger partial charge < -0.3 is 10.6 Å². The maximum absolute atomic E-state index is 11.7. The number of benzene rings is 1. The molecule has 1 unspecified atom stereocenters. The number of nitrogens with two attached hydrogens (primary N) is 1. The normalized spacial score (nSPS) is 20.6. The summed E-state index contributed by atoms with van der Waals surface area (Å²) in [6, 6.07) is 7.08. The quantitative estimate of drug-likeness (QED) is 0.740. The highest BCUT2D eigenvalue weighted by molar-refractivity contribution is 6.07. The Morgan fingerprint density at radius 2 is 2.19 bits per heavy atom. The van der Waals surface area contributed by atoms with Gasteiger partial charge in [0.05, 0.1) is 6.42 Å². The van der Waals surface area contributed by atoms with E-state index in [0.717, 1.165) is 11.1 Å². The Kier molecular flexibility index (Phi) is 2.75. The highest BCUT2D eigenvalue weighted by Gasteiger charge is 2.36. The Morgan fingerprint density at radius 3 is 2.75 bits per heavy atom. The van der Waals surface area contributed by atoms with Crippen LogP contribution in [0.1, 0.15) is 23.6 Å². The number of ketones is 1. The van der Waals surface area contributed by atoms with Gasteiger partial charge in [0.1, 0.15) is 6.04 Å². The van der Waals surface area contributed by atoms with Crippen LogP contribution in [0.5, 0.6) is 0 Å². The van der Waals surface area contributed by atoms with Gasteiger partial charge in [-0.2, -0.15) is 0 Å². The van der Waals surface area contributed by atoms with E-state index in [1.54, 1.807) is 7.05 Å². The summed E-state index contributed by atoms with van der Waals surface area (Å²) in [6.45, 7) is 0.437. The Balaban J connectivity index is 2.36. The number of carbonyl (C=O) groups is 2. The fraction of sp³-hybridized carbons (Fsp3) is 0.333. The first-order chi connectivity index (χ1) is 7.63. The minimum atomic E-state index is -0.431. The maximum Gasteiger partial charge on any atom is 0.230 e. The van der Waals surface area contributed by atoms with Crippen molar-refractivity contribution in [1.82, 2.24) is 4.90 Å². The molecule has 1 aromatic carbocycles. The van der Waals surface area contributed by atoms with Gasteiger partial charge in [0.2, 0.25) is 5.91 Å². The van der Waals surface area contributed by atoms with Crippen molar-refractivity contribution in [2.75, 3.05) is 7.05 Å². The summed E-state index contributed by atoms with van der Waals surface area (Å²) in [5.74, 6) is -0.158. The minimum absolute atomic E-state index is 0.00796. The number of hydrogen-bond donors (Lipinski definition) is 1. The summed E-state index contributed by atoms with van der Waals surface area (Å²) in [4.78, 5) is 24.6. The van der Waals surface area contributed by atoms with Gasteiger partial charge in [0, 0.05) is 13.6 Å². The SMILES string of the molecule is CN1C(=O)CC(=O)C1c1cccc(CN)c1. The molecule has 1 aromatic rings. The van der Waals surface area contributed by atoms with Crippen LogP contribution in [0.2, 0.25) is 0 Å². The molecule has 1 amide bonds. The highest BCUT2D eigenvalue weighted by atomic mass is 16.2. The van der Waals surface area contributed by atoms with Crippen molar-refractivity contribution in [2.24, 2.45) is 5.73 Å². The Morgan fingerprint density at radius 1 is 1.44 bits per heavy atom. The van der Waals surface area contributed by atoms with Crippen molar-refractivity contribution in [3.05, 3.63) is 35.4 Å². The zero-order valence-corrected chi connectivity index (χ0v) is 9.14. The lowest BCUT2D eigenvalue weighted by atomic mass is 10.0. The zero-order chi connectivity index (χ0) is 11.7. The van der Waals surface area contributed by atoms with E-state index in [4.69, 9.17) is 5.73 Å². The van der Waals surface area contributed by atoms with E-state index in [1.807, 2.05) is 24.3 Å². The van der Waals surface area contributed by atoms with Crippen LogP contribution in [0.3, 0.4) is 0 Å². The van der Waals surface area contributed by atoms with Crippen LogP contribution in [0.4, 0.5) is 0 Å². The monoisotopic (exact) mass is 218 g/mol. The molecular formula is C12H14N2O2. The standard InChI is InChI=1S/C12H14N2O2/c1-14-11(16)6-10(15)12(14)9-4-2-3-8(5-9)7-13/h2-5,12H,6-7,13H2,1H3. The van der Waals surface area contributed by atoms with Gasteiger partial charge in [-0.25, -0.2) is 0 Å². The van der Waals surface area contributed by atoms with Crippen LogP contribution in [-0.2, 0) is 16.1 Å². The number of nitrogens with zero attached hydrogens (tertiary/aromatic N) is 1. The smallest absolute Gasteiger partial charge is 0.230 e. The van der Waals surface area contributed by atoms with Gasteiger partial charge in [-0.15, -0.1) is 0 Å². The van der Waals surface area contributed by atoms with E-state index in [-0.39, 0.29) is 18.1 Å². The van der Waals surface area contributed by atoms with Crippen molar-refractivity contribution in [3.8, 4) is 0 Å². The molecule has 0 aromatic heterocycles. The lowest BCUT2D eigenvalue weighted by Gasteiger charge is -2.19. The van der Waals surface area contributed by atoms with Crippen LogP contribution in [0, 0.1) is 0 Å². The molecule has 1 aliphatic heterocycles. The third-order valence-corrected chi connectivity index (χ3v) is 2.91. The number of carbonyl (C=O) groups excluding carboxylic acids is 2. The molecule has 0 aliphatic carbocycles. The summed E-state index contributed by atoms with van der Waals surface area (Å²) in [5.41, 5.74) is 7.37. The van der Waals surface area contributed by atoms with E-state index >= 15 is 0 Å². The third-order valence-electron chi connectivity index (χ3n) is 2.91. The van der Waals surface area contributed by atoms with Gasteiger partial charge in [0.15, 0.2) is 5.78 Å². The summed E-state index contributed by atoms with van der Waals surface area (Å²) in [7, 11) is 1.66. The first kappa shape index (κ1) is 10.8. The van der Waals surface area contributed by atoms with Crippen molar-refractivity contribution >= 4 is 11.7 Å². The molecule has 0 radical (unpaired) electrons. The van der Waals surface area contributed by atoms with Crippen LogP contribution in [-0.4, -0.2) is 23.6 Å². The van der Waals surface area contributed by atoms with Gasteiger partial charge in [0.25, 0.3) is 0 Å². The zero-order valence-electron chi connectivity index (χ0n) is 9.14. The molecule has 1 aliphatic rings. The van der Waals surface area contributed by atoms with Crippen LogP contribution < -0.4 is 5.73 Å². The van der Waals surface area contributed by atoms with Crippen LogP contribution >= 0.6 is 0 Å². The second-order valence-corrected chi connectivity index (χ2v) is 4.00. The Hall–Kier alpha value is -1.68. The Labute approximate surface area is 94.0 Å². The summed E-state index contributed by atoms with van der Waals surface area (Å²) < 4.78 is 0. The van der Waals surface area contributed by atoms with Crippen LogP contribution in [0.15, 0.2) is 24.3 Å². The van der Waals surface area contributed by atoms with Gasteiger partial charge in [-0.1, -0.05) is 24.3 Å². The van der Waals surface area contributed by atoms with E-state index in [2.05, 4.69) is 0 Å². The van der Waals surface area contributed by atoms with Crippen molar-refractivity contribution in [2.45, 2.75) is 19.0 Å². The third kappa shape index (κ3) is 1.72. The predicted octanol–water partition coefficient (Wildman–Crippen LogP) is 0.618. The molecule has 16 heavy (non-hydrogen) atoms. The van der Waals surface area contributed by atoms with Gasteiger partial charge in [-0.05, 0) is 11.1 Å². The first-order valence-corrected chi connectivity index (χ1v) is 5.20. The van der Waals surface area contributed by atoms with Crippen molar-refractivity contribution < 1.29 is 9.59 Å². The minimum Gasteiger partial charge on any atom is -0.331 e. The fourth-order valence-corrected chi connectivity index (χ4v) is 2.03. The summed E-state index contributed by atoms with van der Waals surface area (Å²) in [6.07, 6.45) is 0.00796. The average Bonchev–Trinajstić information content (AvgIpc) is 2.53. The number of likely N-dealkylation sites (tertiary alicyclic amines) is 1. The van der Waals surface area contributed by atoms with Gasteiger partial charge in [-0.3, -0.25) is 9.59 Å². The molecule has 1 heterocycles. The molecule has 2 N–H and O–H groups in total. The molecule has 0 spiro atoms. The highest BCUT2D eigenvalue weighted by Crippen LogP contribution is 2.28. The fourth-order valence-electron chi connectivity index (χ4n) is 2.03. The number of rotatable bonds is 2. The molecule has 4 heteroatoms. The van der Waals surface area contributed by atoms with Crippen molar-refractivity contribution in [3.63, 3.8) is 0 Å². The van der Waals surface area contributed by atoms with Gasteiger partial charge >= 0.3 is 0 Å². The number of Topliss-reactive ketones (excluding diaryl/α,β-unsaturated/α-hetero) is 1. The lowest BCUT2D eigenvalue weighted by molar-refractivity contribution is -0.127. The average molecular weight is 218 g/mol. The number of likely N-dealkylation sites (N-methyl/N-ethyl adjacent to an activating group) is 1. The van der Waals surface area contributed by atoms with Crippen molar-refractivity contribution in [1.29, 1.82) is 0 Å². The van der Waals surface area contributed by atoms with E-state index < -0.39 is 6.04 Å². The molecule has 84 valence electrons. The van der Waals surface area contributed by atoms with E-state index in [0.29, 0.717) is 6.54 Å². The second-order valence-electron chi connectivity index (χ2n) is 4.00. The molecular weight excluding hydrogens is 204 g/mol. The summed E-state index contributed by atoms with van der Waals surface area (Å²) >= 11 is 0. The molecule has 4 nitrogen and oxygen atoms in total. The molecule has 0 saturated carbocycles. The first-order valence-electron chi connectivity index (χ1n) is 5.20. The predicted molar refractivity (Wildman–Crippen MR) is 59.5 cm³/mol. The molecule has 2 rings (SSSR count). The maximum atomic E-state index is 11.7. The van der Waals surface area contributed by atoms with Crippen LogP contribution in [0.25, 0.3) is 0 Å². The second kappa shape index (κ2) is 4.06. The lowest BCUT2D eigenvalue weighted by Crippen LogP contribution is -2.24.